The van der Waals surface area contributed by atoms with Gasteiger partial charge in [0, 0.05) is 55.8 Å². The fraction of sp³-hybridized carbons (Fsp3) is 0.429. The Morgan fingerprint density at radius 3 is 1.27 bits per heavy atom. The van der Waals surface area contributed by atoms with Crippen LogP contribution in [0.15, 0.2) is 75.9 Å². The number of thiophene rings is 2. The fourth-order valence-electron chi connectivity index (χ4n) is 7.61. The van der Waals surface area contributed by atoms with Gasteiger partial charge < -0.3 is 9.31 Å². The van der Waals surface area contributed by atoms with E-state index in [0.29, 0.717) is 59.2 Å². The van der Waals surface area contributed by atoms with Crippen LogP contribution in [-0.4, -0.2) is 104 Å². The monoisotopic (exact) mass is 1330 g/mol. The van der Waals surface area contributed by atoms with Crippen molar-refractivity contribution in [1.29, 1.82) is 5.31 Å². The van der Waals surface area contributed by atoms with E-state index in [1.165, 1.54) is 34.8 Å². The second kappa shape index (κ2) is 44.8. The van der Waals surface area contributed by atoms with Crippen LogP contribution >= 0.6 is 38.6 Å². The molecule has 20 nitrogen and oxygen atoms in total. The van der Waals surface area contributed by atoms with Crippen molar-refractivity contribution in [2.45, 2.75) is 156 Å². The average Bonchev–Trinajstić information content (AvgIpc) is 1.88. The van der Waals surface area contributed by atoms with Crippen molar-refractivity contribution in [2.75, 3.05) is 0 Å². The van der Waals surface area contributed by atoms with Crippen molar-refractivity contribution in [1.82, 2.24) is 9.97 Å². The average molecular weight is 1330 g/mol. The van der Waals surface area contributed by atoms with Crippen LogP contribution in [-0.2, 0) is 54.4 Å². The molecule has 0 amide bonds. The predicted octanol–water partition coefficient (Wildman–Crippen LogP) is 11.8. The Morgan fingerprint density at radius 2 is 0.895 bits per heavy atom. The molecule has 1 saturated heterocycles. The topological polar surface area (TPSA) is 324 Å². The maximum absolute atomic E-state index is 14.1. The number of carbonyl (C=O) groups excluding carboxylic acids is 8. The van der Waals surface area contributed by atoms with Crippen molar-refractivity contribution in [3.05, 3.63) is 110 Å². The van der Waals surface area contributed by atoms with Gasteiger partial charge in [-0.3, -0.25) is 19.2 Å². The van der Waals surface area contributed by atoms with Gasteiger partial charge in [-0.2, -0.15) is 19.2 Å². The summed E-state index contributed by atoms with van der Waals surface area (Å²) in [4.78, 5) is 90.4. The summed E-state index contributed by atoms with van der Waals surface area (Å²) in [7, 11) is 0.340. The zero-order valence-corrected chi connectivity index (χ0v) is 53.5. The van der Waals surface area contributed by atoms with Gasteiger partial charge in [0.2, 0.25) is 0 Å². The predicted molar refractivity (Wildman–Crippen MR) is 323 cm³/mol. The molecule has 1 N–H and O–H groups in total. The molecular formula is C56H65B3BrF2N3O17S4. The molecule has 7 rings (SSSR count). The molecule has 460 valence electrons. The second-order valence-corrected chi connectivity index (χ2v) is 22.3. The van der Waals surface area contributed by atoms with Crippen molar-refractivity contribution < 1.29 is 86.4 Å². The number of rotatable bonds is 20. The van der Waals surface area contributed by atoms with E-state index in [0.717, 1.165) is 94.7 Å². The van der Waals surface area contributed by atoms with E-state index in [4.69, 9.17) is 63.8 Å². The van der Waals surface area contributed by atoms with Gasteiger partial charge in [0.15, 0.2) is 23.1 Å². The summed E-state index contributed by atoms with van der Waals surface area (Å²) >= 11 is 6.32. The molecule has 1 aliphatic rings. The Kier molecular flexibility index (Phi) is 42.4. The molecule has 86 heavy (non-hydrogen) atoms. The first kappa shape index (κ1) is 81.5. The van der Waals surface area contributed by atoms with Crippen LogP contribution < -0.4 is 5.46 Å². The summed E-state index contributed by atoms with van der Waals surface area (Å²) < 4.78 is 101. The number of carbonyl (C=O) groups is 4. The molecule has 0 bridgehead atoms. The number of pyridine rings is 2. The SMILES string of the molecule is CC1(C)OB(c2ccc(F)c3ccsc23)OC1(C)C.CCCCCCC(=O)c1cc(-c2ccc(F)c3ccsc23)cc(C(=O)CCC)n1.CCCCCCC(=O)c1cc(Br)cc(C(=O)CCC)n1.O=C=O.O=C=O.O=S(=O)=O.O=S(=O)=O.[B]=N.[B]=O. The number of hydrogen-bond acceptors (Lipinski definition) is 22. The van der Waals surface area contributed by atoms with E-state index < -0.39 is 28.3 Å². The number of fused-ring (bicyclic) bond motifs is 2. The summed E-state index contributed by atoms with van der Waals surface area (Å²) in [5.41, 5.74) is 3.14. The van der Waals surface area contributed by atoms with Gasteiger partial charge in [-0.05, 0) is 124 Å². The molecule has 0 atom stereocenters. The van der Waals surface area contributed by atoms with Crippen LogP contribution in [0, 0.1) is 16.9 Å². The normalized spacial score (nSPS) is 11.7. The fourth-order valence-corrected chi connectivity index (χ4v) is 9.92. The molecule has 2 aromatic carbocycles. The van der Waals surface area contributed by atoms with Gasteiger partial charge in [-0.1, -0.05) is 94.3 Å². The zero-order chi connectivity index (χ0) is 66.2. The summed E-state index contributed by atoms with van der Waals surface area (Å²) in [6.07, 6.45) is 12.1. The maximum atomic E-state index is 14.1. The van der Waals surface area contributed by atoms with Gasteiger partial charge in [0.25, 0.3) is 0 Å². The van der Waals surface area contributed by atoms with Crippen LogP contribution in [0.3, 0.4) is 0 Å². The zero-order valence-electron chi connectivity index (χ0n) is 48.7. The number of nitrogens with one attached hydrogen (secondary N) is 1. The number of unbranched alkanes of at least 4 members (excludes halogenated alkanes) is 6. The summed E-state index contributed by atoms with van der Waals surface area (Å²) in [5.74, 6) is -0.566. The molecule has 0 spiro atoms. The van der Waals surface area contributed by atoms with E-state index in [9.17, 15) is 28.0 Å². The van der Waals surface area contributed by atoms with E-state index in [2.05, 4.69) is 55.1 Å². The first-order valence-electron chi connectivity index (χ1n) is 26.3. The van der Waals surface area contributed by atoms with Gasteiger partial charge >= 0.3 is 66.0 Å². The van der Waals surface area contributed by atoms with E-state index in [1.807, 2.05) is 52.3 Å². The summed E-state index contributed by atoms with van der Waals surface area (Å²) in [5, 5.41) is 10.2. The van der Waals surface area contributed by atoms with Crippen LogP contribution in [0.5, 0.6) is 0 Å². The molecular weight excluding hydrogens is 1270 g/mol. The van der Waals surface area contributed by atoms with Crippen molar-refractivity contribution in [3.63, 3.8) is 0 Å². The molecule has 4 aromatic heterocycles. The number of ketones is 4. The molecule has 0 saturated carbocycles. The molecule has 1 aliphatic heterocycles. The van der Waals surface area contributed by atoms with E-state index in [1.54, 1.807) is 48.5 Å². The van der Waals surface area contributed by atoms with Crippen LogP contribution in [0.25, 0.3) is 31.3 Å². The van der Waals surface area contributed by atoms with Gasteiger partial charge in [0.05, 0.1) is 11.2 Å². The molecule has 0 unspecified atom stereocenters. The Morgan fingerprint density at radius 1 is 0.558 bits per heavy atom. The molecule has 5 heterocycles. The number of benzene rings is 2. The number of hydrogen-bond donors (Lipinski definition) is 1. The van der Waals surface area contributed by atoms with Gasteiger partial charge in [-0.25, -0.2) is 18.7 Å². The quantitative estimate of drug-likeness (QED) is 0.0421. The van der Waals surface area contributed by atoms with Gasteiger partial charge in [0.1, 0.15) is 34.4 Å². The molecule has 1 fully saturated rings. The Balaban J connectivity index is 0. The molecule has 0 aliphatic carbocycles. The minimum atomic E-state index is -3.11. The number of aromatic nitrogens is 2. The molecule has 2 radical (unpaired) electrons. The summed E-state index contributed by atoms with van der Waals surface area (Å²) in [6, 6.07) is 16.8. The van der Waals surface area contributed by atoms with Crippen LogP contribution in [0.2, 0.25) is 0 Å². The van der Waals surface area contributed by atoms with Crippen molar-refractivity contribution in [2.24, 2.45) is 0 Å². The standard InChI is InChI=1S/C24H26FNO2S.C16H22BrNO2.C14H16BFO2S.2CO2.BHN.BO.2O3S/c1-3-5-6-7-9-23(28)21-15-16(14-20(26-21)22(27)8-4-2)17-10-11-19(25)18-12-13-29-24(17)18;1-3-5-6-7-9-16(20)14-11-12(17)10-13(18-14)15(19)8-4-2;1-13(2)14(3,4)18-15(17-13)10-5-6-11(16)9-7-8-19-12(9)10;2*2-1-3;2*1-2;2*1-4(2)3/h10-15H,3-9H2,1-2H3;10-11H,3-9H2,1-2H3;5-8H,1-4H3;;;2H;;;. The Bertz CT molecular complexity index is 3380. The van der Waals surface area contributed by atoms with Crippen LogP contribution in [0.4, 0.5) is 8.78 Å². The van der Waals surface area contributed by atoms with Crippen molar-refractivity contribution >= 4 is 143 Å². The third kappa shape index (κ3) is 29.2. The second-order valence-electron chi connectivity index (χ2n) is 18.7. The molecule has 30 heteroatoms. The van der Waals surface area contributed by atoms with Gasteiger partial charge in [-0.15, -0.1) is 47.9 Å². The third-order valence-corrected chi connectivity index (χ3v) is 14.6. The first-order valence-corrected chi connectivity index (χ1v) is 30.8. The number of nitrogens with zero attached hydrogens (tertiary/aromatic N) is 2. The minimum absolute atomic E-state index is 0.00571. The van der Waals surface area contributed by atoms with Crippen LogP contribution in [0.1, 0.15) is 187 Å². The Hall–Kier alpha value is -6.61. The molecule has 6 aromatic rings. The number of halogens is 3. The van der Waals surface area contributed by atoms with Crippen molar-refractivity contribution in [3.8, 4) is 11.1 Å². The summed E-state index contributed by atoms with van der Waals surface area (Å²) in [6.45, 7) is 16.2. The van der Waals surface area contributed by atoms with E-state index in [-0.39, 0.29) is 58.3 Å². The first-order chi connectivity index (χ1) is 40.7. The Labute approximate surface area is 519 Å². The number of Topliss-reactive ketones (excluding diaryl/α,β-unsaturated/α-hetero) is 4. The third-order valence-electron chi connectivity index (χ3n) is 12.2. The van der Waals surface area contributed by atoms with E-state index >= 15 is 0 Å².